The van der Waals surface area contributed by atoms with Crippen LogP contribution in [0.25, 0.3) is 0 Å². The van der Waals surface area contributed by atoms with Gasteiger partial charge in [-0.3, -0.25) is 4.79 Å². The average Bonchev–Trinajstić information content (AvgIpc) is 2.47. The van der Waals surface area contributed by atoms with Crippen LogP contribution in [0.5, 0.6) is 0 Å². The molecule has 1 heterocycles. The minimum Gasteiger partial charge on any atom is -0.330 e. The van der Waals surface area contributed by atoms with Gasteiger partial charge in [-0.05, 0) is 26.3 Å². The largest absolute Gasteiger partial charge is 0.330 e. The van der Waals surface area contributed by atoms with Gasteiger partial charge < -0.3 is 10.6 Å². The Kier molecular flexibility index (Phi) is 2.63. The summed E-state index contributed by atoms with van der Waals surface area (Å²) in [6, 6.07) is 0. The van der Waals surface area contributed by atoms with Gasteiger partial charge in [0.1, 0.15) is 0 Å². The van der Waals surface area contributed by atoms with Crippen LogP contribution in [0, 0.1) is 18.3 Å². The third-order valence-corrected chi connectivity index (χ3v) is 2.57. The van der Waals surface area contributed by atoms with Crippen molar-refractivity contribution in [3.63, 3.8) is 0 Å². The predicted octanol–water partition coefficient (Wildman–Crippen LogP) is 0.205. The summed E-state index contributed by atoms with van der Waals surface area (Å²) in [7, 11) is 0. The van der Waals surface area contributed by atoms with E-state index < -0.39 is 5.54 Å². The van der Waals surface area contributed by atoms with E-state index in [0.29, 0.717) is 19.5 Å². The zero-order valence-corrected chi connectivity index (χ0v) is 8.21. The van der Waals surface area contributed by atoms with E-state index in [4.69, 9.17) is 12.2 Å². The van der Waals surface area contributed by atoms with Crippen molar-refractivity contribution >= 4 is 5.91 Å². The molecule has 0 aliphatic carbocycles. The first-order chi connectivity index (χ1) is 6.01. The summed E-state index contributed by atoms with van der Waals surface area (Å²) >= 11 is 0. The Hall–Kier alpha value is -1.01. The second kappa shape index (κ2) is 3.39. The van der Waals surface area contributed by atoms with E-state index >= 15 is 0 Å². The van der Waals surface area contributed by atoms with Gasteiger partial charge in [0, 0.05) is 13.0 Å². The Labute approximate surface area is 79.3 Å². The second-order valence-electron chi connectivity index (χ2n) is 4.01. The highest BCUT2D eigenvalue weighted by molar-refractivity contribution is 5.80. The molecule has 72 valence electrons. The molecule has 0 spiro atoms. The fraction of sp³-hybridized carbons (Fsp3) is 0.700. The molecule has 1 saturated heterocycles. The number of likely N-dealkylation sites (tertiary alicyclic amines) is 1. The van der Waals surface area contributed by atoms with Gasteiger partial charge in [-0.1, -0.05) is 5.92 Å². The first-order valence-electron chi connectivity index (χ1n) is 4.49. The summed E-state index contributed by atoms with van der Waals surface area (Å²) in [5, 5.41) is 0. The molecule has 0 saturated carbocycles. The molecule has 1 aliphatic heterocycles. The fourth-order valence-electron chi connectivity index (χ4n) is 1.56. The zero-order chi connectivity index (χ0) is 10.1. The highest BCUT2D eigenvalue weighted by atomic mass is 16.2. The van der Waals surface area contributed by atoms with Crippen molar-refractivity contribution in [1.82, 2.24) is 4.90 Å². The van der Waals surface area contributed by atoms with E-state index in [1.807, 2.05) is 13.8 Å². The summed E-state index contributed by atoms with van der Waals surface area (Å²) in [6.45, 7) is 5.02. The average molecular weight is 180 g/mol. The number of rotatable bonds is 2. The van der Waals surface area contributed by atoms with Crippen LogP contribution in [0.3, 0.4) is 0 Å². The molecule has 1 atom stereocenters. The van der Waals surface area contributed by atoms with Crippen molar-refractivity contribution in [2.24, 2.45) is 11.7 Å². The lowest BCUT2D eigenvalue weighted by atomic mass is 10.1. The maximum absolute atomic E-state index is 11.5. The molecule has 1 rings (SSSR count). The van der Waals surface area contributed by atoms with Crippen molar-refractivity contribution in [3.05, 3.63) is 0 Å². The second-order valence-corrected chi connectivity index (χ2v) is 4.01. The first kappa shape index (κ1) is 10.1. The van der Waals surface area contributed by atoms with Crippen LogP contribution >= 0.6 is 0 Å². The minimum atomic E-state index is -0.471. The van der Waals surface area contributed by atoms with Crippen LogP contribution in [0.4, 0.5) is 0 Å². The van der Waals surface area contributed by atoms with E-state index in [-0.39, 0.29) is 11.8 Å². The predicted molar refractivity (Wildman–Crippen MR) is 51.8 cm³/mol. The number of hydrogen-bond donors (Lipinski definition) is 1. The number of amides is 1. The Morgan fingerprint density at radius 3 is 2.77 bits per heavy atom. The third kappa shape index (κ3) is 1.84. The summed E-state index contributed by atoms with van der Waals surface area (Å²) in [6.07, 6.45) is 5.90. The van der Waals surface area contributed by atoms with E-state index in [2.05, 4.69) is 5.92 Å². The normalized spacial score (nSPS) is 23.4. The third-order valence-electron chi connectivity index (χ3n) is 2.57. The molecule has 13 heavy (non-hydrogen) atoms. The molecule has 0 aromatic rings. The maximum Gasteiger partial charge on any atom is 0.224 e. The molecular weight excluding hydrogens is 164 g/mol. The smallest absolute Gasteiger partial charge is 0.224 e. The van der Waals surface area contributed by atoms with E-state index in [9.17, 15) is 4.79 Å². The van der Waals surface area contributed by atoms with Crippen molar-refractivity contribution in [1.29, 1.82) is 0 Å². The Balaban J connectivity index is 2.74. The van der Waals surface area contributed by atoms with Gasteiger partial charge in [0.25, 0.3) is 0 Å². The lowest BCUT2D eigenvalue weighted by Gasteiger charge is -2.30. The Bertz CT molecular complexity index is 252. The van der Waals surface area contributed by atoms with Crippen LogP contribution in [-0.2, 0) is 4.79 Å². The SMILES string of the molecule is C#CC(C)(C)N1CC(CN)CC1=O. The quantitative estimate of drug-likeness (QED) is 0.617. The molecule has 1 aliphatic rings. The van der Waals surface area contributed by atoms with Gasteiger partial charge in [0.2, 0.25) is 5.91 Å². The van der Waals surface area contributed by atoms with Crippen molar-refractivity contribution in [3.8, 4) is 12.3 Å². The van der Waals surface area contributed by atoms with E-state index in [1.165, 1.54) is 0 Å². The van der Waals surface area contributed by atoms with Gasteiger partial charge in [-0.25, -0.2) is 0 Å². The molecule has 1 fully saturated rings. The number of carbonyl (C=O) groups excluding carboxylic acids is 1. The summed E-state index contributed by atoms with van der Waals surface area (Å²) in [4.78, 5) is 13.3. The van der Waals surface area contributed by atoms with Gasteiger partial charge in [-0.15, -0.1) is 6.42 Å². The van der Waals surface area contributed by atoms with Crippen LogP contribution < -0.4 is 5.73 Å². The molecule has 3 heteroatoms. The van der Waals surface area contributed by atoms with Crippen LogP contribution in [0.15, 0.2) is 0 Å². The topological polar surface area (TPSA) is 46.3 Å². The molecule has 0 aromatic heterocycles. The minimum absolute atomic E-state index is 0.124. The highest BCUT2D eigenvalue weighted by Crippen LogP contribution is 2.24. The van der Waals surface area contributed by atoms with Crippen molar-refractivity contribution in [2.45, 2.75) is 25.8 Å². The van der Waals surface area contributed by atoms with Crippen molar-refractivity contribution in [2.75, 3.05) is 13.1 Å². The number of nitrogens with two attached hydrogens (primary N) is 1. The summed E-state index contributed by atoms with van der Waals surface area (Å²) < 4.78 is 0. The standard InChI is InChI=1S/C10H16N2O/c1-4-10(2,3)12-7-8(6-11)5-9(12)13/h1,8H,5-7,11H2,2-3H3. The molecule has 0 bridgehead atoms. The van der Waals surface area contributed by atoms with Gasteiger partial charge in [0.15, 0.2) is 0 Å². The molecule has 2 N–H and O–H groups in total. The number of nitrogens with zero attached hydrogens (tertiary/aromatic N) is 1. The molecular formula is C10H16N2O. The number of terminal acetylenes is 1. The lowest BCUT2D eigenvalue weighted by Crippen LogP contribution is -2.43. The Morgan fingerprint density at radius 1 is 1.77 bits per heavy atom. The van der Waals surface area contributed by atoms with Gasteiger partial charge >= 0.3 is 0 Å². The monoisotopic (exact) mass is 180 g/mol. The summed E-state index contributed by atoms with van der Waals surface area (Å²) in [5.41, 5.74) is 5.04. The van der Waals surface area contributed by atoms with Crippen LogP contribution in [0.1, 0.15) is 20.3 Å². The molecule has 1 unspecified atom stereocenters. The van der Waals surface area contributed by atoms with Crippen molar-refractivity contribution < 1.29 is 4.79 Å². The summed E-state index contributed by atoms with van der Waals surface area (Å²) in [5.74, 6) is 3.02. The molecule has 1 amide bonds. The number of carbonyl (C=O) groups is 1. The fourth-order valence-corrected chi connectivity index (χ4v) is 1.56. The van der Waals surface area contributed by atoms with Gasteiger partial charge in [-0.2, -0.15) is 0 Å². The van der Waals surface area contributed by atoms with E-state index in [0.717, 1.165) is 0 Å². The van der Waals surface area contributed by atoms with E-state index in [1.54, 1.807) is 4.90 Å². The maximum atomic E-state index is 11.5. The van der Waals surface area contributed by atoms with Gasteiger partial charge in [0.05, 0.1) is 5.54 Å². The zero-order valence-electron chi connectivity index (χ0n) is 8.21. The molecule has 3 nitrogen and oxygen atoms in total. The Morgan fingerprint density at radius 2 is 2.38 bits per heavy atom. The lowest BCUT2D eigenvalue weighted by molar-refractivity contribution is -0.130. The first-order valence-corrected chi connectivity index (χ1v) is 4.49. The molecule has 0 aromatic carbocycles. The number of hydrogen-bond acceptors (Lipinski definition) is 2. The van der Waals surface area contributed by atoms with Crippen LogP contribution in [0.2, 0.25) is 0 Å². The van der Waals surface area contributed by atoms with Crippen LogP contribution in [-0.4, -0.2) is 29.4 Å². The highest BCUT2D eigenvalue weighted by Gasteiger charge is 2.36. The molecule has 0 radical (unpaired) electrons.